The zero-order valence-corrected chi connectivity index (χ0v) is 11.6. The third-order valence-corrected chi connectivity index (χ3v) is 4.27. The zero-order valence-electron chi connectivity index (χ0n) is 10.0. The highest BCUT2D eigenvalue weighted by atomic mass is 35.5. The molecule has 1 aromatic carbocycles. The number of amides is 1. The minimum absolute atomic E-state index is 0.237. The Balaban J connectivity index is 2.44. The fourth-order valence-corrected chi connectivity index (χ4v) is 2.29. The first kappa shape index (κ1) is 14.2. The molecule has 0 heterocycles. The number of carbonyl (C=O) groups excluding carboxylic acids is 1. The Bertz CT molecular complexity index is 656. The van der Waals surface area contributed by atoms with Crippen molar-refractivity contribution >= 4 is 27.5 Å². The smallest absolute Gasteiger partial charge is 0.253 e. The fraction of sp³-hybridized carbons (Fsp3) is 0.364. The largest absolute Gasteiger partial charge is 0.347 e. The summed E-state index contributed by atoms with van der Waals surface area (Å²) < 4.78 is 36.0. The van der Waals surface area contributed by atoms with Crippen LogP contribution in [-0.2, 0) is 10.0 Å². The number of carbonyl (C=O) groups is 1. The van der Waals surface area contributed by atoms with Crippen molar-refractivity contribution in [2.75, 3.05) is 0 Å². The van der Waals surface area contributed by atoms with E-state index in [9.17, 15) is 17.6 Å². The third kappa shape index (κ3) is 3.05. The van der Waals surface area contributed by atoms with Gasteiger partial charge in [0.2, 0.25) is 10.0 Å². The maximum absolute atomic E-state index is 13.5. The molecule has 1 amide bonds. The van der Waals surface area contributed by atoms with Gasteiger partial charge in [0.15, 0.2) is 0 Å². The van der Waals surface area contributed by atoms with Gasteiger partial charge in [-0.25, -0.2) is 17.9 Å². The Morgan fingerprint density at radius 3 is 2.53 bits per heavy atom. The standard InChI is InChI=1S/C11H12ClFN2O3S/c1-11(2-3-11)15-10(16)7-4-6(19(14,17)18)5-8(13)9(7)12/h4-5H,2-3H2,1H3,(H,15,16)(H2,14,17,18). The first-order valence-electron chi connectivity index (χ1n) is 5.47. The first-order valence-corrected chi connectivity index (χ1v) is 7.39. The Morgan fingerprint density at radius 1 is 1.47 bits per heavy atom. The van der Waals surface area contributed by atoms with Crippen LogP contribution in [0.1, 0.15) is 30.1 Å². The van der Waals surface area contributed by atoms with E-state index in [1.54, 1.807) is 0 Å². The monoisotopic (exact) mass is 306 g/mol. The van der Waals surface area contributed by atoms with Crippen LogP contribution < -0.4 is 10.5 Å². The van der Waals surface area contributed by atoms with E-state index in [-0.39, 0.29) is 11.1 Å². The van der Waals surface area contributed by atoms with E-state index in [0.717, 1.165) is 18.9 Å². The first-order chi connectivity index (χ1) is 8.62. The SMILES string of the molecule is CC1(NC(=O)c2cc(S(N)(=O)=O)cc(F)c2Cl)CC1. The summed E-state index contributed by atoms with van der Waals surface area (Å²) in [5, 5.41) is 7.16. The molecule has 8 heteroatoms. The minimum Gasteiger partial charge on any atom is -0.347 e. The van der Waals surface area contributed by atoms with E-state index in [1.807, 2.05) is 6.92 Å². The van der Waals surface area contributed by atoms with Crippen LogP contribution in [0.3, 0.4) is 0 Å². The number of primary sulfonamides is 1. The average Bonchev–Trinajstić information content (AvgIpc) is 2.98. The lowest BCUT2D eigenvalue weighted by Crippen LogP contribution is -2.34. The summed E-state index contributed by atoms with van der Waals surface area (Å²) in [7, 11) is -4.10. The Kier molecular flexibility index (Phi) is 3.32. The van der Waals surface area contributed by atoms with Gasteiger partial charge in [-0.1, -0.05) is 11.6 Å². The van der Waals surface area contributed by atoms with E-state index in [0.29, 0.717) is 6.07 Å². The molecule has 0 radical (unpaired) electrons. The normalized spacial score (nSPS) is 17.1. The van der Waals surface area contributed by atoms with E-state index >= 15 is 0 Å². The van der Waals surface area contributed by atoms with Gasteiger partial charge in [0.25, 0.3) is 5.91 Å². The second-order valence-electron chi connectivity index (χ2n) is 4.83. The molecule has 0 atom stereocenters. The molecule has 0 aliphatic heterocycles. The lowest BCUT2D eigenvalue weighted by molar-refractivity contribution is 0.0935. The number of benzene rings is 1. The lowest BCUT2D eigenvalue weighted by atomic mass is 10.2. The van der Waals surface area contributed by atoms with Crippen molar-refractivity contribution in [2.24, 2.45) is 5.14 Å². The number of rotatable bonds is 3. The van der Waals surface area contributed by atoms with Crippen LogP contribution >= 0.6 is 11.6 Å². The van der Waals surface area contributed by atoms with Crippen molar-refractivity contribution in [3.63, 3.8) is 0 Å². The molecule has 19 heavy (non-hydrogen) atoms. The van der Waals surface area contributed by atoms with Crippen molar-refractivity contribution in [1.82, 2.24) is 5.32 Å². The molecule has 0 spiro atoms. The lowest BCUT2D eigenvalue weighted by Gasteiger charge is -2.13. The summed E-state index contributed by atoms with van der Waals surface area (Å²) in [5.74, 6) is -1.62. The average molecular weight is 307 g/mol. The Labute approximate surface area is 115 Å². The fourth-order valence-electron chi connectivity index (χ4n) is 1.55. The van der Waals surface area contributed by atoms with Crippen LogP contribution in [-0.4, -0.2) is 19.9 Å². The summed E-state index contributed by atoms with van der Waals surface area (Å²) in [6, 6.07) is 1.66. The third-order valence-electron chi connectivity index (χ3n) is 2.99. The maximum atomic E-state index is 13.5. The summed E-state index contributed by atoms with van der Waals surface area (Å²) in [5.41, 5.74) is -0.562. The van der Waals surface area contributed by atoms with Crippen molar-refractivity contribution in [3.05, 3.63) is 28.5 Å². The van der Waals surface area contributed by atoms with Crippen LogP contribution in [0.2, 0.25) is 5.02 Å². The molecule has 3 N–H and O–H groups in total. The second-order valence-corrected chi connectivity index (χ2v) is 6.77. The molecule has 1 fully saturated rings. The Hall–Kier alpha value is -1.18. The van der Waals surface area contributed by atoms with E-state index in [4.69, 9.17) is 16.7 Å². The second kappa shape index (κ2) is 4.43. The van der Waals surface area contributed by atoms with E-state index in [1.165, 1.54) is 0 Å². The molecule has 0 aromatic heterocycles. The summed E-state index contributed by atoms with van der Waals surface area (Å²) in [6.45, 7) is 1.83. The molecular formula is C11H12ClFN2O3S. The number of hydrogen-bond donors (Lipinski definition) is 2. The number of nitrogens with two attached hydrogens (primary N) is 1. The molecule has 5 nitrogen and oxygen atoms in total. The summed E-state index contributed by atoms with van der Waals surface area (Å²) >= 11 is 5.69. The molecule has 104 valence electrons. The van der Waals surface area contributed by atoms with Crippen LogP contribution in [0.25, 0.3) is 0 Å². The van der Waals surface area contributed by atoms with E-state index < -0.39 is 31.7 Å². The Morgan fingerprint density at radius 2 is 2.05 bits per heavy atom. The van der Waals surface area contributed by atoms with E-state index in [2.05, 4.69) is 5.32 Å². The summed E-state index contributed by atoms with van der Waals surface area (Å²) in [6.07, 6.45) is 1.63. The molecule has 0 saturated heterocycles. The zero-order chi connectivity index (χ0) is 14.4. The van der Waals surface area contributed by atoms with Crippen LogP contribution in [0.15, 0.2) is 17.0 Å². The van der Waals surface area contributed by atoms with Gasteiger partial charge in [-0.2, -0.15) is 0 Å². The van der Waals surface area contributed by atoms with Crippen LogP contribution in [0.5, 0.6) is 0 Å². The molecule has 1 aromatic rings. The van der Waals surface area contributed by atoms with Crippen LogP contribution in [0.4, 0.5) is 4.39 Å². The van der Waals surface area contributed by atoms with Crippen molar-refractivity contribution in [2.45, 2.75) is 30.2 Å². The van der Waals surface area contributed by atoms with Gasteiger partial charge in [-0.15, -0.1) is 0 Å². The molecule has 1 saturated carbocycles. The van der Waals surface area contributed by atoms with Gasteiger partial charge >= 0.3 is 0 Å². The number of sulfonamides is 1. The molecule has 1 aliphatic carbocycles. The molecule has 2 rings (SSSR count). The molecule has 0 bridgehead atoms. The highest BCUT2D eigenvalue weighted by molar-refractivity contribution is 7.89. The number of nitrogens with one attached hydrogen (secondary N) is 1. The predicted molar refractivity (Wildman–Crippen MR) is 67.9 cm³/mol. The van der Waals surface area contributed by atoms with Gasteiger partial charge in [-0.05, 0) is 31.9 Å². The predicted octanol–water partition coefficient (Wildman–Crippen LogP) is 1.41. The quantitative estimate of drug-likeness (QED) is 0.884. The number of hydrogen-bond acceptors (Lipinski definition) is 3. The maximum Gasteiger partial charge on any atom is 0.253 e. The van der Waals surface area contributed by atoms with Gasteiger partial charge in [0, 0.05) is 5.54 Å². The summed E-state index contributed by atoms with van der Waals surface area (Å²) in [4.78, 5) is 11.5. The van der Waals surface area contributed by atoms with Crippen molar-refractivity contribution in [1.29, 1.82) is 0 Å². The molecule has 1 aliphatic rings. The van der Waals surface area contributed by atoms with Crippen molar-refractivity contribution in [3.8, 4) is 0 Å². The van der Waals surface area contributed by atoms with Gasteiger partial charge in [0.1, 0.15) is 5.82 Å². The number of halogens is 2. The van der Waals surface area contributed by atoms with Crippen molar-refractivity contribution < 1.29 is 17.6 Å². The highest BCUT2D eigenvalue weighted by Crippen LogP contribution is 2.35. The van der Waals surface area contributed by atoms with Gasteiger partial charge in [0.05, 0.1) is 15.5 Å². The van der Waals surface area contributed by atoms with Gasteiger partial charge in [-0.3, -0.25) is 4.79 Å². The van der Waals surface area contributed by atoms with Crippen LogP contribution in [0, 0.1) is 5.82 Å². The molecule has 0 unspecified atom stereocenters. The highest BCUT2D eigenvalue weighted by Gasteiger charge is 2.39. The van der Waals surface area contributed by atoms with Gasteiger partial charge < -0.3 is 5.32 Å². The topological polar surface area (TPSA) is 89.3 Å². The minimum atomic E-state index is -4.10. The molecular weight excluding hydrogens is 295 g/mol.